The third kappa shape index (κ3) is 5.28. The van der Waals surface area contributed by atoms with Gasteiger partial charge in [-0.25, -0.2) is 4.39 Å². The van der Waals surface area contributed by atoms with Crippen LogP contribution in [0.3, 0.4) is 0 Å². The molecule has 2 amide bonds. The van der Waals surface area contributed by atoms with Gasteiger partial charge < -0.3 is 16.4 Å². The van der Waals surface area contributed by atoms with Crippen LogP contribution in [0.1, 0.15) is 13.8 Å². The minimum absolute atomic E-state index is 0.0355. The molecule has 0 spiro atoms. The summed E-state index contributed by atoms with van der Waals surface area (Å²) in [4.78, 5) is 24.0. The Balaban J connectivity index is 2.10. The largest absolute Gasteiger partial charge is 0.346 e. The Bertz CT molecular complexity index is 794. The first-order valence-electron chi connectivity index (χ1n) is 8.16. The van der Waals surface area contributed by atoms with Crippen LogP contribution in [0.25, 0.3) is 11.1 Å². The van der Waals surface area contributed by atoms with E-state index in [4.69, 9.17) is 17.3 Å². The van der Waals surface area contributed by atoms with Gasteiger partial charge in [0, 0.05) is 16.3 Å². The van der Waals surface area contributed by atoms with Gasteiger partial charge in [0.15, 0.2) is 0 Å². The van der Waals surface area contributed by atoms with Crippen molar-refractivity contribution in [3.63, 3.8) is 0 Å². The summed E-state index contributed by atoms with van der Waals surface area (Å²) in [6.45, 7) is 3.42. The van der Waals surface area contributed by atoms with Crippen molar-refractivity contribution in [2.24, 2.45) is 11.7 Å². The van der Waals surface area contributed by atoms with Crippen molar-refractivity contribution in [2.45, 2.75) is 19.9 Å². The van der Waals surface area contributed by atoms with Crippen LogP contribution >= 0.6 is 11.6 Å². The monoisotopic (exact) mass is 377 g/mol. The van der Waals surface area contributed by atoms with Crippen molar-refractivity contribution in [3.05, 3.63) is 53.3 Å². The van der Waals surface area contributed by atoms with Crippen molar-refractivity contribution in [1.82, 2.24) is 5.32 Å². The first-order valence-corrected chi connectivity index (χ1v) is 8.54. The maximum absolute atomic E-state index is 13.7. The summed E-state index contributed by atoms with van der Waals surface area (Å²) in [6, 6.07) is 10.2. The third-order valence-corrected chi connectivity index (χ3v) is 4.11. The molecule has 26 heavy (non-hydrogen) atoms. The molecular weight excluding hydrogens is 357 g/mol. The number of rotatable bonds is 6. The topological polar surface area (TPSA) is 84.2 Å². The minimum atomic E-state index is -0.682. The predicted octanol–water partition coefficient (Wildman–Crippen LogP) is 3.18. The highest BCUT2D eigenvalue weighted by Crippen LogP contribution is 2.29. The highest BCUT2D eigenvalue weighted by atomic mass is 35.5. The van der Waals surface area contributed by atoms with Crippen LogP contribution in [0.4, 0.5) is 10.1 Å². The second kappa shape index (κ2) is 8.78. The number of nitrogens with one attached hydrogen (secondary N) is 2. The maximum Gasteiger partial charge on any atom is 0.243 e. The van der Waals surface area contributed by atoms with Gasteiger partial charge in [-0.3, -0.25) is 9.59 Å². The van der Waals surface area contributed by atoms with Gasteiger partial charge in [-0.1, -0.05) is 37.6 Å². The summed E-state index contributed by atoms with van der Waals surface area (Å²) in [6.07, 6.45) is 0. The van der Waals surface area contributed by atoms with Gasteiger partial charge in [-0.2, -0.15) is 0 Å². The Labute approximate surface area is 156 Å². The normalized spacial score (nSPS) is 11.9. The van der Waals surface area contributed by atoms with E-state index >= 15 is 0 Å². The quantitative estimate of drug-likeness (QED) is 0.722. The molecule has 138 valence electrons. The van der Waals surface area contributed by atoms with E-state index in [2.05, 4.69) is 10.6 Å². The lowest BCUT2D eigenvalue weighted by Gasteiger charge is -2.16. The van der Waals surface area contributed by atoms with Crippen LogP contribution in [-0.4, -0.2) is 24.4 Å². The predicted molar refractivity (Wildman–Crippen MR) is 101 cm³/mol. The van der Waals surface area contributed by atoms with Crippen molar-refractivity contribution < 1.29 is 14.0 Å². The molecule has 2 aromatic carbocycles. The zero-order valence-electron chi connectivity index (χ0n) is 14.6. The highest BCUT2D eigenvalue weighted by Gasteiger charge is 2.18. The van der Waals surface area contributed by atoms with Crippen LogP contribution in [0.5, 0.6) is 0 Å². The number of benzene rings is 2. The summed E-state index contributed by atoms with van der Waals surface area (Å²) in [7, 11) is 0. The number of anilines is 1. The molecule has 0 aliphatic carbocycles. The fourth-order valence-corrected chi connectivity index (χ4v) is 2.40. The molecule has 0 saturated carbocycles. The Morgan fingerprint density at radius 3 is 2.42 bits per heavy atom. The summed E-state index contributed by atoms with van der Waals surface area (Å²) in [5.41, 5.74) is 7.38. The molecule has 0 aliphatic rings. The molecule has 0 fully saturated rings. The third-order valence-electron chi connectivity index (χ3n) is 3.86. The average molecular weight is 378 g/mol. The first kappa shape index (κ1) is 19.9. The lowest BCUT2D eigenvalue weighted by Crippen LogP contribution is -2.46. The van der Waals surface area contributed by atoms with Gasteiger partial charge in [0.2, 0.25) is 11.8 Å². The smallest absolute Gasteiger partial charge is 0.243 e. The van der Waals surface area contributed by atoms with Crippen LogP contribution in [0.15, 0.2) is 42.5 Å². The number of amides is 2. The number of hydrogen-bond acceptors (Lipinski definition) is 3. The van der Waals surface area contributed by atoms with Crippen molar-refractivity contribution in [1.29, 1.82) is 0 Å². The molecule has 1 atom stereocenters. The van der Waals surface area contributed by atoms with E-state index in [-0.39, 0.29) is 12.5 Å². The Morgan fingerprint density at radius 2 is 1.81 bits per heavy atom. The Kier molecular flexibility index (Phi) is 6.71. The number of halogens is 2. The molecule has 2 rings (SSSR count). The van der Waals surface area contributed by atoms with Crippen LogP contribution in [0.2, 0.25) is 5.02 Å². The molecule has 5 nitrogen and oxygen atoms in total. The fraction of sp³-hybridized carbons (Fsp3) is 0.263. The van der Waals surface area contributed by atoms with Gasteiger partial charge >= 0.3 is 0 Å². The van der Waals surface area contributed by atoms with Gasteiger partial charge in [-0.05, 0) is 41.8 Å². The lowest BCUT2D eigenvalue weighted by atomic mass is 10.0. The van der Waals surface area contributed by atoms with Crippen LogP contribution < -0.4 is 16.4 Å². The molecule has 4 N–H and O–H groups in total. The molecule has 0 radical (unpaired) electrons. The fourth-order valence-electron chi connectivity index (χ4n) is 2.28. The van der Waals surface area contributed by atoms with Gasteiger partial charge in [0.1, 0.15) is 5.82 Å². The lowest BCUT2D eigenvalue weighted by molar-refractivity contribution is -0.125. The van der Waals surface area contributed by atoms with E-state index in [1.165, 1.54) is 18.2 Å². The summed E-state index contributed by atoms with van der Waals surface area (Å²) in [5.74, 6) is -1.29. The van der Waals surface area contributed by atoms with E-state index in [1.807, 2.05) is 13.8 Å². The zero-order valence-corrected chi connectivity index (χ0v) is 15.3. The SMILES string of the molecule is CC(C)[C@H](N)C(=O)NCC(=O)Nc1ccc(F)cc1-c1ccc(Cl)cc1. The van der Waals surface area contributed by atoms with E-state index in [0.717, 1.165) is 0 Å². The number of nitrogens with two attached hydrogens (primary N) is 1. The minimum Gasteiger partial charge on any atom is -0.346 e. The molecule has 0 saturated heterocycles. The van der Waals surface area contributed by atoms with Gasteiger partial charge in [0.25, 0.3) is 0 Å². The van der Waals surface area contributed by atoms with E-state index < -0.39 is 23.7 Å². The van der Waals surface area contributed by atoms with Crippen molar-refractivity contribution in [2.75, 3.05) is 11.9 Å². The van der Waals surface area contributed by atoms with Gasteiger partial charge in [0.05, 0.1) is 12.6 Å². The molecule has 7 heteroatoms. The number of carbonyl (C=O) groups excluding carboxylic acids is 2. The maximum atomic E-state index is 13.7. The van der Waals surface area contributed by atoms with E-state index in [1.54, 1.807) is 24.3 Å². The molecule has 2 aromatic rings. The molecule has 0 unspecified atom stereocenters. The molecule has 0 bridgehead atoms. The van der Waals surface area contributed by atoms with Crippen molar-refractivity contribution in [3.8, 4) is 11.1 Å². The van der Waals surface area contributed by atoms with Gasteiger partial charge in [-0.15, -0.1) is 0 Å². The van der Waals surface area contributed by atoms with E-state index in [0.29, 0.717) is 21.8 Å². The van der Waals surface area contributed by atoms with Crippen LogP contribution in [-0.2, 0) is 9.59 Å². The average Bonchev–Trinajstić information content (AvgIpc) is 2.61. The summed E-state index contributed by atoms with van der Waals surface area (Å²) < 4.78 is 13.7. The molecule has 0 heterocycles. The summed E-state index contributed by atoms with van der Waals surface area (Å²) in [5, 5.41) is 5.73. The first-order chi connectivity index (χ1) is 12.3. The van der Waals surface area contributed by atoms with E-state index in [9.17, 15) is 14.0 Å². The highest BCUT2D eigenvalue weighted by molar-refractivity contribution is 6.30. The second-order valence-electron chi connectivity index (χ2n) is 6.23. The van der Waals surface area contributed by atoms with Crippen LogP contribution in [0, 0.1) is 11.7 Å². The van der Waals surface area contributed by atoms with Crippen molar-refractivity contribution >= 4 is 29.1 Å². The second-order valence-corrected chi connectivity index (χ2v) is 6.67. The Morgan fingerprint density at radius 1 is 1.15 bits per heavy atom. The molecule has 0 aromatic heterocycles. The zero-order chi connectivity index (χ0) is 19.3. The number of carbonyl (C=O) groups is 2. The number of hydrogen-bond donors (Lipinski definition) is 3. The molecule has 0 aliphatic heterocycles. The Hall–Kier alpha value is -2.44. The molecular formula is C19H21ClFN3O2. The summed E-state index contributed by atoms with van der Waals surface area (Å²) >= 11 is 5.88. The standard InChI is InChI=1S/C19H21ClFN3O2/c1-11(2)18(22)19(26)23-10-17(25)24-16-8-7-14(21)9-15(16)12-3-5-13(20)6-4-12/h3-9,11,18H,10,22H2,1-2H3,(H,23,26)(H,24,25)/t18-/m0/s1.